The summed E-state index contributed by atoms with van der Waals surface area (Å²) in [5.41, 5.74) is 1.20. The molecule has 0 bridgehead atoms. The van der Waals surface area contributed by atoms with E-state index in [0.717, 1.165) is 30.3 Å². The number of likely N-dealkylation sites (tertiary alicyclic amines) is 1. The van der Waals surface area contributed by atoms with Crippen LogP contribution in [0.1, 0.15) is 47.2 Å². The first-order valence-electron chi connectivity index (χ1n) is 6.53. The van der Waals surface area contributed by atoms with Gasteiger partial charge in [-0.25, -0.2) is 4.79 Å². The summed E-state index contributed by atoms with van der Waals surface area (Å²) in [5, 5.41) is 9.25. The van der Waals surface area contributed by atoms with Gasteiger partial charge in [-0.1, -0.05) is 6.92 Å². The molecule has 1 N–H and O–H groups in total. The number of carbonyl (C=O) groups is 1. The Balaban J connectivity index is 2.16. The van der Waals surface area contributed by atoms with E-state index in [1.54, 1.807) is 6.92 Å². The molecule has 1 aromatic heterocycles. The third kappa shape index (κ3) is 2.58. The van der Waals surface area contributed by atoms with Crippen LogP contribution in [0.4, 0.5) is 0 Å². The Morgan fingerprint density at radius 1 is 1.33 bits per heavy atom. The molecule has 1 aromatic rings. The van der Waals surface area contributed by atoms with E-state index in [1.165, 1.54) is 12.8 Å². The lowest BCUT2D eigenvalue weighted by molar-refractivity contribution is 0.0692. The summed E-state index contributed by atoms with van der Waals surface area (Å²) in [4.78, 5) is 13.6. The van der Waals surface area contributed by atoms with Crippen molar-refractivity contribution in [3.05, 3.63) is 22.6 Å². The van der Waals surface area contributed by atoms with Crippen molar-refractivity contribution in [2.24, 2.45) is 5.92 Å². The van der Waals surface area contributed by atoms with E-state index in [1.807, 2.05) is 6.92 Å². The fraction of sp³-hybridized carbons (Fsp3) is 0.643. The number of aromatic carboxylic acids is 1. The van der Waals surface area contributed by atoms with Crippen molar-refractivity contribution in [2.45, 2.75) is 40.2 Å². The standard InChI is InChI=1S/C14H21NO3/c1-9-4-6-15(7-5-9)8-12-10(2)18-11(3)13(12)14(16)17/h9H,4-8H2,1-3H3,(H,16,17). The minimum Gasteiger partial charge on any atom is -0.478 e. The van der Waals surface area contributed by atoms with Crippen molar-refractivity contribution in [1.82, 2.24) is 4.90 Å². The Hall–Kier alpha value is -1.29. The molecular weight excluding hydrogens is 230 g/mol. The number of aryl methyl sites for hydroxylation is 2. The minimum absolute atomic E-state index is 0.353. The smallest absolute Gasteiger partial charge is 0.339 e. The number of hydrogen-bond acceptors (Lipinski definition) is 3. The molecule has 4 heteroatoms. The predicted molar refractivity (Wildman–Crippen MR) is 68.8 cm³/mol. The van der Waals surface area contributed by atoms with E-state index >= 15 is 0 Å². The van der Waals surface area contributed by atoms with E-state index in [4.69, 9.17) is 4.42 Å². The van der Waals surface area contributed by atoms with Crippen LogP contribution >= 0.6 is 0 Å². The molecule has 0 atom stereocenters. The van der Waals surface area contributed by atoms with Crippen molar-refractivity contribution in [2.75, 3.05) is 13.1 Å². The van der Waals surface area contributed by atoms with Gasteiger partial charge in [0.25, 0.3) is 0 Å². The van der Waals surface area contributed by atoms with Crippen LogP contribution in [-0.4, -0.2) is 29.1 Å². The highest BCUT2D eigenvalue weighted by atomic mass is 16.4. The molecule has 0 aliphatic carbocycles. The van der Waals surface area contributed by atoms with Gasteiger partial charge in [0.05, 0.1) is 0 Å². The van der Waals surface area contributed by atoms with Crippen LogP contribution in [0.15, 0.2) is 4.42 Å². The van der Waals surface area contributed by atoms with Gasteiger partial charge in [-0.15, -0.1) is 0 Å². The second-order valence-corrected chi connectivity index (χ2v) is 5.33. The van der Waals surface area contributed by atoms with Crippen LogP contribution in [0, 0.1) is 19.8 Å². The number of carboxylic acids is 1. The van der Waals surface area contributed by atoms with Crippen LogP contribution in [-0.2, 0) is 6.54 Å². The maximum absolute atomic E-state index is 11.3. The van der Waals surface area contributed by atoms with Gasteiger partial charge in [0.1, 0.15) is 17.1 Å². The summed E-state index contributed by atoms with van der Waals surface area (Å²) in [6, 6.07) is 0. The van der Waals surface area contributed by atoms with Crippen molar-refractivity contribution in [3.8, 4) is 0 Å². The Kier molecular flexibility index (Phi) is 3.76. The molecule has 0 spiro atoms. The van der Waals surface area contributed by atoms with E-state index in [2.05, 4.69) is 11.8 Å². The second-order valence-electron chi connectivity index (χ2n) is 5.33. The molecular formula is C14H21NO3. The summed E-state index contributed by atoms with van der Waals surface area (Å²) in [6.07, 6.45) is 2.39. The Bertz CT molecular complexity index is 442. The van der Waals surface area contributed by atoms with Crippen molar-refractivity contribution >= 4 is 5.97 Å². The average molecular weight is 251 g/mol. The normalized spacial score (nSPS) is 18.2. The molecule has 2 heterocycles. The van der Waals surface area contributed by atoms with Gasteiger partial charge in [0.15, 0.2) is 0 Å². The molecule has 0 radical (unpaired) electrons. The topological polar surface area (TPSA) is 53.7 Å². The highest BCUT2D eigenvalue weighted by Gasteiger charge is 2.24. The molecule has 1 aliphatic rings. The Labute approximate surface area is 108 Å². The summed E-state index contributed by atoms with van der Waals surface area (Å²) in [7, 11) is 0. The lowest BCUT2D eigenvalue weighted by Crippen LogP contribution is -2.32. The number of carboxylic acid groups (broad SMARTS) is 1. The van der Waals surface area contributed by atoms with Crippen molar-refractivity contribution in [1.29, 1.82) is 0 Å². The van der Waals surface area contributed by atoms with Gasteiger partial charge in [-0.2, -0.15) is 0 Å². The zero-order valence-corrected chi connectivity index (χ0v) is 11.3. The maximum Gasteiger partial charge on any atom is 0.339 e. The van der Waals surface area contributed by atoms with Gasteiger partial charge in [0.2, 0.25) is 0 Å². The molecule has 18 heavy (non-hydrogen) atoms. The van der Waals surface area contributed by atoms with Crippen LogP contribution in [0.2, 0.25) is 0 Å². The SMILES string of the molecule is Cc1oc(C)c(C(=O)O)c1CN1CCC(C)CC1. The van der Waals surface area contributed by atoms with Gasteiger partial charge < -0.3 is 9.52 Å². The molecule has 100 valence electrons. The van der Waals surface area contributed by atoms with Gasteiger partial charge in [-0.05, 0) is 45.7 Å². The van der Waals surface area contributed by atoms with Crippen LogP contribution in [0.3, 0.4) is 0 Å². The molecule has 0 unspecified atom stereocenters. The van der Waals surface area contributed by atoms with Crippen LogP contribution < -0.4 is 0 Å². The molecule has 2 rings (SSSR count). The molecule has 0 amide bonds. The van der Waals surface area contributed by atoms with E-state index in [9.17, 15) is 9.90 Å². The van der Waals surface area contributed by atoms with Crippen LogP contribution in [0.5, 0.6) is 0 Å². The number of nitrogens with zero attached hydrogens (tertiary/aromatic N) is 1. The Morgan fingerprint density at radius 2 is 1.94 bits per heavy atom. The van der Waals surface area contributed by atoms with E-state index in [-0.39, 0.29) is 0 Å². The summed E-state index contributed by atoms with van der Waals surface area (Å²) >= 11 is 0. The number of furan rings is 1. The largest absolute Gasteiger partial charge is 0.478 e. The fourth-order valence-corrected chi connectivity index (χ4v) is 2.64. The third-order valence-electron chi connectivity index (χ3n) is 3.86. The fourth-order valence-electron chi connectivity index (χ4n) is 2.64. The summed E-state index contributed by atoms with van der Waals surface area (Å²) in [5.74, 6) is 1.15. The molecule has 1 aliphatic heterocycles. The summed E-state index contributed by atoms with van der Waals surface area (Å²) in [6.45, 7) is 8.62. The molecule has 4 nitrogen and oxygen atoms in total. The molecule has 0 aromatic carbocycles. The Morgan fingerprint density at radius 3 is 2.50 bits per heavy atom. The van der Waals surface area contributed by atoms with Crippen LogP contribution in [0.25, 0.3) is 0 Å². The minimum atomic E-state index is -0.885. The van der Waals surface area contributed by atoms with E-state index < -0.39 is 5.97 Å². The van der Waals surface area contributed by atoms with E-state index in [0.29, 0.717) is 17.9 Å². The number of rotatable bonds is 3. The van der Waals surface area contributed by atoms with Crippen molar-refractivity contribution < 1.29 is 14.3 Å². The van der Waals surface area contributed by atoms with Gasteiger partial charge in [-0.3, -0.25) is 4.90 Å². The first-order chi connectivity index (χ1) is 8.49. The zero-order chi connectivity index (χ0) is 13.3. The highest BCUT2D eigenvalue weighted by Crippen LogP contribution is 2.25. The highest BCUT2D eigenvalue weighted by molar-refractivity contribution is 5.90. The number of hydrogen-bond donors (Lipinski definition) is 1. The molecule has 0 saturated carbocycles. The predicted octanol–water partition coefficient (Wildman–Crippen LogP) is 2.83. The third-order valence-corrected chi connectivity index (χ3v) is 3.86. The average Bonchev–Trinajstić information content (AvgIpc) is 2.57. The lowest BCUT2D eigenvalue weighted by Gasteiger charge is -2.30. The number of piperidine rings is 1. The monoisotopic (exact) mass is 251 g/mol. The lowest BCUT2D eigenvalue weighted by atomic mass is 9.98. The quantitative estimate of drug-likeness (QED) is 0.897. The van der Waals surface area contributed by atoms with Gasteiger partial charge in [0, 0.05) is 12.1 Å². The second kappa shape index (κ2) is 5.14. The van der Waals surface area contributed by atoms with Gasteiger partial charge >= 0.3 is 5.97 Å². The maximum atomic E-state index is 11.3. The first-order valence-corrected chi connectivity index (χ1v) is 6.53. The van der Waals surface area contributed by atoms with Crippen molar-refractivity contribution in [3.63, 3.8) is 0 Å². The molecule has 1 fully saturated rings. The summed E-state index contributed by atoms with van der Waals surface area (Å²) < 4.78 is 5.46. The first kappa shape index (κ1) is 13.1. The molecule has 1 saturated heterocycles. The zero-order valence-electron chi connectivity index (χ0n) is 11.3.